The van der Waals surface area contributed by atoms with Crippen LogP contribution in [0.2, 0.25) is 0 Å². The van der Waals surface area contributed by atoms with E-state index in [0.717, 1.165) is 5.56 Å². The van der Waals surface area contributed by atoms with Gasteiger partial charge in [0.2, 0.25) is 0 Å². The van der Waals surface area contributed by atoms with E-state index in [9.17, 15) is 15.0 Å². The lowest BCUT2D eigenvalue weighted by Gasteiger charge is -2.13. The van der Waals surface area contributed by atoms with E-state index in [0.29, 0.717) is 11.4 Å². The maximum Gasteiger partial charge on any atom is 0.339 e. The number of carbonyl (C=O) groups is 1. The summed E-state index contributed by atoms with van der Waals surface area (Å²) in [7, 11) is 0. The summed E-state index contributed by atoms with van der Waals surface area (Å²) in [6.45, 7) is 5.66. The normalized spacial score (nSPS) is 10.9. The lowest BCUT2D eigenvalue weighted by Crippen LogP contribution is -2.08. The first-order valence-electron chi connectivity index (χ1n) is 6.03. The molecule has 5 heteroatoms. The Morgan fingerprint density at radius 3 is 2.58 bits per heavy atom. The molecule has 0 amide bonds. The Balaban J connectivity index is 2.65. The summed E-state index contributed by atoms with van der Waals surface area (Å²) in [5, 5.41) is 23.3. The van der Waals surface area contributed by atoms with Gasteiger partial charge in [-0.25, -0.2) is 9.48 Å². The highest BCUT2D eigenvalue weighted by atomic mass is 16.4. The molecule has 5 nitrogen and oxygen atoms in total. The van der Waals surface area contributed by atoms with Gasteiger partial charge in [-0.1, -0.05) is 19.9 Å². The van der Waals surface area contributed by atoms with Gasteiger partial charge in [0.15, 0.2) is 0 Å². The molecule has 0 fully saturated rings. The molecule has 0 unspecified atom stereocenters. The number of carboxylic acids is 1. The van der Waals surface area contributed by atoms with Gasteiger partial charge in [-0.05, 0) is 30.5 Å². The van der Waals surface area contributed by atoms with Crippen molar-refractivity contribution >= 4 is 5.97 Å². The van der Waals surface area contributed by atoms with E-state index in [-0.39, 0.29) is 17.2 Å². The molecule has 0 aliphatic carbocycles. The van der Waals surface area contributed by atoms with E-state index in [1.54, 1.807) is 12.1 Å². The van der Waals surface area contributed by atoms with Crippen molar-refractivity contribution in [2.75, 3.05) is 0 Å². The fraction of sp³-hybridized carbons (Fsp3) is 0.286. The second-order valence-corrected chi connectivity index (χ2v) is 4.81. The number of rotatable bonds is 3. The van der Waals surface area contributed by atoms with Crippen LogP contribution in [0.25, 0.3) is 5.69 Å². The lowest BCUT2D eigenvalue weighted by atomic mass is 10.1. The molecule has 2 N–H and O–H groups in total. The van der Waals surface area contributed by atoms with E-state index >= 15 is 0 Å². The summed E-state index contributed by atoms with van der Waals surface area (Å²) in [5.74, 6) is -0.946. The molecule has 0 bridgehead atoms. The minimum atomic E-state index is -1.01. The number of benzene rings is 1. The molecule has 1 aromatic heterocycles. The SMILES string of the molecule is Cc1ccc(-n2ncc(C(=O)O)c2C(C)C)c(O)c1. The third-order valence-electron chi connectivity index (χ3n) is 2.94. The van der Waals surface area contributed by atoms with Gasteiger partial charge in [-0.15, -0.1) is 0 Å². The van der Waals surface area contributed by atoms with Gasteiger partial charge in [0.25, 0.3) is 0 Å². The summed E-state index contributed by atoms with van der Waals surface area (Å²) in [6.07, 6.45) is 1.32. The standard InChI is InChI=1S/C14H16N2O3/c1-8(2)13-10(14(18)19)7-15-16(13)11-5-4-9(3)6-12(11)17/h4-8,17H,1-3H3,(H,18,19). The van der Waals surface area contributed by atoms with Crippen molar-refractivity contribution in [1.29, 1.82) is 0 Å². The summed E-state index contributed by atoms with van der Waals surface area (Å²) in [5.41, 5.74) is 2.15. The average Bonchev–Trinajstić information content (AvgIpc) is 2.73. The molecule has 0 atom stereocenters. The van der Waals surface area contributed by atoms with Crippen molar-refractivity contribution in [3.63, 3.8) is 0 Å². The molecule has 0 aliphatic heterocycles. The van der Waals surface area contributed by atoms with Gasteiger partial charge in [-0.3, -0.25) is 0 Å². The number of phenols is 1. The molecule has 0 aliphatic rings. The summed E-state index contributed by atoms with van der Waals surface area (Å²) in [6, 6.07) is 5.21. The molecule has 0 saturated heterocycles. The highest BCUT2D eigenvalue weighted by molar-refractivity contribution is 5.89. The minimum absolute atomic E-state index is 0.0192. The number of aromatic hydroxyl groups is 1. The number of phenolic OH excluding ortho intramolecular Hbond substituents is 1. The number of hydrogen-bond acceptors (Lipinski definition) is 3. The molecule has 2 aromatic rings. The predicted molar refractivity (Wildman–Crippen MR) is 71.0 cm³/mol. The van der Waals surface area contributed by atoms with E-state index in [1.165, 1.54) is 10.9 Å². The van der Waals surface area contributed by atoms with E-state index < -0.39 is 5.97 Å². The smallest absolute Gasteiger partial charge is 0.339 e. The molecule has 0 saturated carbocycles. The zero-order valence-corrected chi connectivity index (χ0v) is 11.1. The van der Waals surface area contributed by atoms with E-state index in [4.69, 9.17) is 0 Å². The maximum atomic E-state index is 11.2. The molecular weight excluding hydrogens is 244 g/mol. The fourth-order valence-electron chi connectivity index (χ4n) is 2.08. The lowest BCUT2D eigenvalue weighted by molar-refractivity contribution is 0.0695. The minimum Gasteiger partial charge on any atom is -0.506 e. The zero-order valence-electron chi connectivity index (χ0n) is 11.1. The summed E-state index contributed by atoms with van der Waals surface area (Å²) < 4.78 is 1.49. The van der Waals surface area contributed by atoms with Crippen molar-refractivity contribution in [1.82, 2.24) is 9.78 Å². The van der Waals surface area contributed by atoms with Gasteiger partial charge in [0.05, 0.1) is 11.9 Å². The van der Waals surface area contributed by atoms with Gasteiger partial charge in [0.1, 0.15) is 17.0 Å². The number of hydrogen-bond donors (Lipinski definition) is 2. The van der Waals surface area contributed by atoms with Crippen molar-refractivity contribution in [2.45, 2.75) is 26.7 Å². The van der Waals surface area contributed by atoms with Gasteiger partial charge in [0, 0.05) is 0 Å². The number of aryl methyl sites for hydroxylation is 1. The molecular formula is C14H16N2O3. The Morgan fingerprint density at radius 1 is 1.37 bits per heavy atom. The largest absolute Gasteiger partial charge is 0.506 e. The summed E-state index contributed by atoms with van der Waals surface area (Å²) >= 11 is 0. The summed E-state index contributed by atoms with van der Waals surface area (Å²) in [4.78, 5) is 11.2. The second kappa shape index (κ2) is 4.76. The van der Waals surface area contributed by atoms with Crippen LogP contribution >= 0.6 is 0 Å². The monoisotopic (exact) mass is 260 g/mol. The molecule has 19 heavy (non-hydrogen) atoms. The van der Waals surface area contributed by atoms with Crippen molar-refractivity contribution in [2.24, 2.45) is 0 Å². The maximum absolute atomic E-state index is 11.2. The van der Waals surface area contributed by atoms with Crippen LogP contribution in [0.1, 0.15) is 41.4 Å². The van der Waals surface area contributed by atoms with Crippen LogP contribution in [-0.2, 0) is 0 Å². The average molecular weight is 260 g/mol. The third kappa shape index (κ3) is 2.31. The van der Waals surface area contributed by atoms with Crippen LogP contribution in [0.5, 0.6) is 5.75 Å². The van der Waals surface area contributed by atoms with Crippen LogP contribution in [0.15, 0.2) is 24.4 Å². The fourth-order valence-corrected chi connectivity index (χ4v) is 2.08. The molecule has 1 aromatic carbocycles. The first kappa shape index (κ1) is 13.1. The highest BCUT2D eigenvalue weighted by Gasteiger charge is 2.21. The van der Waals surface area contributed by atoms with E-state index in [1.807, 2.05) is 26.8 Å². The zero-order chi connectivity index (χ0) is 14.2. The van der Waals surface area contributed by atoms with Crippen molar-refractivity contribution in [3.05, 3.63) is 41.2 Å². The molecule has 1 heterocycles. The Labute approximate surface area is 111 Å². The third-order valence-corrected chi connectivity index (χ3v) is 2.94. The molecule has 0 radical (unpaired) electrons. The Hall–Kier alpha value is -2.30. The van der Waals surface area contributed by atoms with Gasteiger partial charge >= 0.3 is 5.97 Å². The topological polar surface area (TPSA) is 75.4 Å². The second-order valence-electron chi connectivity index (χ2n) is 4.81. The number of nitrogens with zero attached hydrogens (tertiary/aromatic N) is 2. The molecule has 0 spiro atoms. The first-order valence-corrected chi connectivity index (χ1v) is 6.03. The van der Waals surface area contributed by atoms with Crippen molar-refractivity contribution in [3.8, 4) is 11.4 Å². The van der Waals surface area contributed by atoms with Crippen molar-refractivity contribution < 1.29 is 15.0 Å². The van der Waals surface area contributed by atoms with Crippen LogP contribution in [0.3, 0.4) is 0 Å². The highest BCUT2D eigenvalue weighted by Crippen LogP contribution is 2.28. The first-order chi connectivity index (χ1) is 8.91. The van der Waals surface area contributed by atoms with Crippen LogP contribution in [0, 0.1) is 6.92 Å². The Bertz CT molecular complexity index is 630. The van der Waals surface area contributed by atoms with Crippen LogP contribution in [-0.4, -0.2) is 26.0 Å². The number of aromatic carboxylic acids is 1. The van der Waals surface area contributed by atoms with Crippen LogP contribution in [0.4, 0.5) is 0 Å². The quantitative estimate of drug-likeness (QED) is 0.889. The van der Waals surface area contributed by atoms with Crippen LogP contribution < -0.4 is 0 Å². The van der Waals surface area contributed by atoms with E-state index in [2.05, 4.69) is 5.10 Å². The Kier molecular flexibility index (Phi) is 3.29. The number of aromatic nitrogens is 2. The number of carboxylic acid groups (broad SMARTS) is 1. The molecule has 100 valence electrons. The molecule has 2 rings (SSSR count). The Morgan fingerprint density at radius 2 is 2.05 bits per heavy atom. The predicted octanol–water partition coefficient (Wildman–Crippen LogP) is 2.71. The van der Waals surface area contributed by atoms with Gasteiger partial charge < -0.3 is 10.2 Å². The van der Waals surface area contributed by atoms with Gasteiger partial charge in [-0.2, -0.15) is 5.10 Å².